The molecule has 1 aromatic carbocycles. The number of nitrogens with two attached hydrogens (primary N) is 1. The molecule has 1 aliphatic heterocycles. The molecule has 4 aliphatic rings. The first kappa shape index (κ1) is 17.2. The standard InChI is InChI=1S/C22H29N3O2/c1-27-17-8-10-21(11-9-17)13-16-7-6-15(5-4-14-2-3-14)12-18(16)22(21)19(26)24-20(23)25-22/h6-7,12,14,17H,2-5,8-11,13H2,1H3,(H3,23,24,25,26). The van der Waals surface area contributed by atoms with Gasteiger partial charge >= 0.3 is 0 Å². The molecule has 1 atom stereocenters. The summed E-state index contributed by atoms with van der Waals surface area (Å²) in [6.07, 6.45) is 10.1. The lowest BCUT2D eigenvalue weighted by Crippen LogP contribution is -2.51. The molecular formula is C22H29N3O2. The number of nitrogens with zero attached hydrogens (tertiary/aromatic N) is 1. The van der Waals surface area contributed by atoms with Crippen LogP contribution in [0.2, 0.25) is 0 Å². The van der Waals surface area contributed by atoms with Crippen LogP contribution in [-0.4, -0.2) is 25.1 Å². The van der Waals surface area contributed by atoms with E-state index in [2.05, 4.69) is 23.5 Å². The second-order valence-corrected chi connectivity index (χ2v) is 9.03. The van der Waals surface area contributed by atoms with E-state index in [-0.39, 0.29) is 23.4 Å². The van der Waals surface area contributed by atoms with Crippen molar-refractivity contribution >= 4 is 11.9 Å². The van der Waals surface area contributed by atoms with Crippen molar-refractivity contribution in [2.75, 3.05) is 7.11 Å². The van der Waals surface area contributed by atoms with Crippen LogP contribution in [0.5, 0.6) is 0 Å². The summed E-state index contributed by atoms with van der Waals surface area (Å²) in [6, 6.07) is 6.76. The Labute approximate surface area is 160 Å². The van der Waals surface area contributed by atoms with Gasteiger partial charge in [-0.15, -0.1) is 0 Å². The Kier molecular flexibility index (Phi) is 3.87. The van der Waals surface area contributed by atoms with Crippen molar-refractivity contribution in [2.45, 2.75) is 69.4 Å². The summed E-state index contributed by atoms with van der Waals surface area (Å²) < 4.78 is 5.59. The lowest BCUT2D eigenvalue weighted by molar-refractivity contribution is -0.130. The summed E-state index contributed by atoms with van der Waals surface area (Å²) in [6.45, 7) is 0. The van der Waals surface area contributed by atoms with Crippen LogP contribution in [-0.2, 0) is 27.9 Å². The summed E-state index contributed by atoms with van der Waals surface area (Å²) in [7, 11) is 1.78. The molecule has 1 unspecified atom stereocenters. The molecule has 5 nitrogen and oxygen atoms in total. The highest BCUT2D eigenvalue weighted by Crippen LogP contribution is 2.61. The molecule has 0 bridgehead atoms. The highest BCUT2D eigenvalue weighted by molar-refractivity contribution is 6.08. The van der Waals surface area contributed by atoms with Crippen LogP contribution < -0.4 is 11.1 Å². The third kappa shape index (κ3) is 2.54. The Hall–Kier alpha value is -1.88. The van der Waals surface area contributed by atoms with Crippen molar-refractivity contribution in [1.29, 1.82) is 0 Å². The van der Waals surface area contributed by atoms with E-state index in [1.165, 1.54) is 30.4 Å². The topological polar surface area (TPSA) is 76.7 Å². The van der Waals surface area contributed by atoms with E-state index >= 15 is 0 Å². The zero-order valence-corrected chi connectivity index (χ0v) is 16.1. The predicted octanol–water partition coefficient (Wildman–Crippen LogP) is 2.80. The molecule has 2 fully saturated rings. The first-order valence-electron chi connectivity index (χ1n) is 10.4. The number of carbonyl (C=O) groups excluding carboxylic acids is 1. The Morgan fingerprint density at radius 3 is 2.67 bits per heavy atom. The highest BCUT2D eigenvalue weighted by Gasteiger charge is 2.65. The van der Waals surface area contributed by atoms with Crippen LogP contribution in [0.1, 0.15) is 61.6 Å². The largest absolute Gasteiger partial charge is 0.381 e. The molecule has 0 aromatic heterocycles. The Morgan fingerprint density at radius 1 is 1.26 bits per heavy atom. The quantitative estimate of drug-likeness (QED) is 0.859. The molecule has 1 amide bonds. The molecule has 1 aromatic rings. The smallest absolute Gasteiger partial charge is 0.259 e. The van der Waals surface area contributed by atoms with Gasteiger partial charge in [0.25, 0.3) is 5.91 Å². The molecule has 5 heteroatoms. The number of methoxy groups -OCH3 is 1. The van der Waals surface area contributed by atoms with E-state index in [4.69, 9.17) is 15.5 Å². The van der Waals surface area contributed by atoms with Crippen molar-refractivity contribution in [3.05, 3.63) is 34.9 Å². The van der Waals surface area contributed by atoms with Gasteiger partial charge in [-0.3, -0.25) is 10.1 Å². The fourth-order valence-corrected chi connectivity index (χ4v) is 5.75. The molecule has 0 saturated heterocycles. The Morgan fingerprint density at radius 2 is 2.04 bits per heavy atom. The average molecular weight is 367 g/mol. The predicted molar refractivity (Wildman–Crippen MR) is 104 cm³/mol. The van der Waals surface area contributed by atoms with Gasteiger partial charge in [-0.25, -0.2) is 4.99 Å². The maximum atomic E-state index is 13.2. The molecule has 27 heavy (non-hydrogen) atoms. The monoisotopic (exact) mass is 367 g/mol. The number of carbonyl (C=O) groups is 1. The first-order valence-corrected chi connectivity index (χ1v) is 10.4. The number of aryl methyl sites for hydroxylation is 1. The van der Waals surface area contributed by atoms with Gasteiger partial charge in [-0.05, 0) is 67.6 Å². The van der Waals surface area contributed by atoms with E-state index in [0.717, 1.165) is 50.0 Å². The van der Waals surface area contributed by atoms with Gasteiger partial charge in [0.15, 0.2) is 11.5 Å². The fourth-order valence-electron chi connectivity index (χ4n) is 5.75. The zero-order valence-electron chi connectivity index (χ0n) is 16.1. The van der Waals surface area contributed by atoms with Gasteiger partial charge in [0.2, 0.25) is 0 Å². The normalized spacial score (nSPS) is 34.8. The summed E-state index contributed by atoms with van der Waals surface area (Å²) in [5.41, 5.74) is 8.70. The summed E-state index contributed by atoms with van der Waals surface area (Å²) in [4.78, 5) is 18.1. The average Bonchev–Trinajstić information content (AvgIpc) is 3.40. The molecule has 2 spiro atoms. The van der Waals surface area contributed by atoms with Gasteiger partial charge in [0, 0.05) is 12.5 Å². The minimum Gasteiger partial charge on any atom is -0.381 e. The third-order valence-electron chi connectivity index (χ3n) is 7.48. The minimum absolute atomic E-state index is 0.0334. The van der Waals surface area contributed by atoms with E-state index in [1.54, 1.807) is 7.11 Å². The molecule has 3 N–H and O–H groups in total. The Balaban J connectivity index is 1.55. The van der Waals surface area contributed by atoms with E-state index < -0.39 is 5.54 Å². The van der Waals surface area contributed by atoms with Crippen LogP contribution >= 0.6 is 0 Å². The van der Waals surface area contributed by atoms with Crippen LogP contribution in [0.15, 0.2) is 23.2 Å². The number of ether oxygens (including phenoxy) is 1. The number of rotatable bonds is 4. The van der Waals surface area contributed by atoms with Crippen molar-refractivity contribution in [2.24, 2.45) is 22.1 Å². The second kappa shape index (κ2) is 6.06. The number of nitrogens with one attached hydrogen (secondary N) is 1. The lowest BCUT2D eigenvalue weighted by atomic mass is 9.61. The van der Waals surface area contributed by atoms with Crippen molar-refractivity contribution in [1.82, 2.24) is 5.32 Å². The molecule has 1 heterocycles. The SMILES string of the molecule is COC1CCC2(CC1)Cc1ccc(CCC3CC3)cc1C21N=C(N)NC1=O. The number of guanidine groups is 1. The highest BCUT2D eigenvalue weighted by atomic mass is 16.5. The van der Waals surface area contributed by atoms with Gasteiger partial charge in [0.1, 0.15) is 0 Å². The molecule has 5 rings (SSSR count). The van der Waals surface area contributed by atoms with Crippen molar-refractivity contribution in [3.63, 3.8) is 0 Å². The summed E-state index contributed by atoms with van der Waals surface area (Å²) in [5, 5.41) is 2.82. The maximum Gasteiger partial charge on any atom is 0.259 e. The Bertz CT molecular complexity index is 806. The van der Waals surface area contributed by atoms with Crippen LogP contribution in [0, 0.1) is 11.3 Å². The number of hydrogen-bond acceptors (Lipinski definition) is 4. The van der Waals surface area contributed by atoms with Gasteiger partial charge in [0.05, 0.1) is 6.10 Å². The van der Waals surface area contributed by atoms with Gasteiger partial charge in [-0.1, -0.05) is 31.0 Å². The number of hydrogen-bond donors (Lipinski definition) is 2. The van der Waals surface area contributed by atoms with E-state index in [0.29, 0.717) is 0 Å². The van der Waals surface area contributed by atoms with Crippen molar-refractivity contribution < 1.29 is 9.53 Å². The lowest BCUT2D eigenvalue weighted by Gasteiger charge is -2.44. The number of aliphatic imine (C=N–C) groups is 1. The third-order valence-corrected chi connectivity index (χ3v) is 7.48. The van der Waals surface area contributed by atoms with Crippen LogP contribution in [0.25, 0.3) is 0 Å². The van der Waals surface area contributed by atoms with Gasteiger partial charge in [-0.2, -0.15) is 0 Å². The zero-order chi connectivity index (χ0) is 18.6. The molecular weight excluding hydrogens is 338 g/mol. The fraction of sp³-hybridized carbons (Fsp3) is 0.636. The molecule has 2 saturated carbocycles. The van der Waals surface area contributed by atoms with Crippen LogP contribution in [0.4, 0.5) is 0 Å². The van der Waals surface area contributed by atoms with E-state index in [9.17, 15) is 4.79 Å². The number of fused-ring (bicyclic) bond motifs is 3. The molecule has 144 valence electrons. The molecule has 0 radical (unpaired) electrons. The van der Waals surface area contributed by atoms with Gasteiger partial charge < -0.3 is 10.5 Å². The van der Waals surface area contributed by atoms with E-state index in [1.807, 2.05) is 0 Å². The second-order valence-electron chi connectivity index (χ2n) is 9.03. The number of benzene rings is 1. The van der Waals surface area contributed by atoms with Crippen LogP contribution in [0.3, 0.4) is 0 Å². The maximum absolute atomic E-state index is 13.2. The minimum atomic E-state index is -0.847. The van der Waals surface area contributed by atoms with Crippen molar-refractivity contribution in [3.8, 4) is 0 Å². The molecule has 3 aliphatic carbocycles. The number of amides is 1. The first-order chi connectivity index (χ1) is 13.1. The summed E-state index contributed by atoms with van der Waals surface area (Å²) in [5.74, 6) is 1.14. The summed E-state index contributed by atoms with van der Waals surface area (Å²) >= 11 is 0.